The van der Waals surface area contributed by atoms with Crippen molar-refractivity contribution >= 4 is 11.7 Å². The lowest BCUT2D eigenvalue weighted by Crippen LogP contribution is -2.42. The van der Waals surface area contributed by atoms with Gasteiger partial charge in [0.05, 0.1) is 0 Å². The maximum absolute atomic E-state index is 13.2. The number of ketones is 1. The van der Waals surface area contributed by atoms with Crippen molar-refractivity contribution in [1.82, 2.24) is 5.32 Å². The van der Waals surface area contributed by atoms with Gasteiger partial charge in [0.2, 0.25) is 5.91 Å². The average Bonchev–Trinajstić information content (AvgIpc) is 2.91. The molecule has 1 aromatic carbocycles. The molecule has 0 aliphatic heterocycles. The fraction of sp³-hybridized carbons (Fsp3) is 0.652. The molecule has 4 rings (SSSR count). The lowest BCUT2D eigenvalue weighted by Gasteiger charge is -2.48. The summed E-state index contributed by atoms with van der Waals surface area (Å²) in [6.07, 6.45) is 6.06. The van der Waals surface area contributed by atoms with Crippen LogP contribution in [0.4, 0.5) is 0 Å². The molecule has 2 N–H and O–H groups in total. The number of hydrogen-bond acceptors (Lipinski definition) is 3. The van der Waals surface area contributed by atoms with Crippen LogP contribution in [-0.4, -0.2) is 23.8 Å². The Labute approximate surface area is 161 Å². The van der Waals surface area contributed by atoms with Gasteiger partial charge in [-0.3, -0.25) is 9.59 Å². The van der Waals surface area contributed by atoms with E-state index < -0.39 is 0 Å². The van der Waals surface area contributed by atoms with E-state index in [0.717, 1.165) is 44.1 Å². The van der Waals surface area contributed by atoms with E-state index in [0.29, 0.717) is 35.7 Å². The van der Waals surface area contributed by atoms with Gasteiger partial charge in [0.15, 0.2) is 0 Å². The molecule has 2 saturated carbocycles. The zero-order valence-corrected chi connectivity index (χ0v) is 16.7. The lowest BCUT2D eigenvalue weighted by atomic mass is 9.55. The van der Waals surface area contributed by atoms with Crippen LogP contribution in [-0.2, 0) is 22.4 Å². The van der Waals surface area contributed by atoms with Gasteiger partial charge in [0, 0.05) is 24.8 Å². The van der Waals surface area contributed by atoms with E-state index in [4.69, 9.17) is 0 Å². The SMILES string of the molecule is CCc1cc2c(cc1O)CC[C@@H]1[C@@H]2CC[C@]2(C)C(=O)[C@@H](CC(=O)NC)C[C@@H]12. The molecule has 146 valence electrons. The third kappa shape index (κ3) is 2.79. The van der Waals surface area contributed by atoms with Crippen LogP contribution >= 0.6 is 0 Å². The summed E-state index contributed by atoms with van der Waals surface area (Å²) in [6.45, 7) is 4.24. The number of rotatable bonds is 3. The highest BCUT2D eigenvalue weighted by molar-refractivity contribution is 5.93. The lowest BCUT2D eigenvalue weighted by molar-refractivity contribution is -0.134. The van der Waals surface area contributed by atoms with Crippen molar-refractivity contribution in [1.29, 1.82) is 0 Å². The average molecular weight is 370 g/mol. The number of benzene rings is 1. The van der Waals surface area contributed by atoms with E-state index >= 15 is 0 Å². The van der Waals surface area contributed by atoms with Crippen molar-refractivity contribution in [3.8, 4) is 5.75 Å². The first-order chi connectivity index (χ1) is 12.9. The van der Waals surface area contributed by atoms with E-state index in [2.05, 4.69) is 25.2 Å². The summed E-state index contributed by atoms with van der Waals surface area (Å²) in [7, 11) is 1.64. The third-order valence-electron chi connectivity index (χ3n) is 7.88. The molecule has 0 bridgehead atoms. The molecule has 5 atom stereocenters. The minimum absolute atomic E-state index is 0.0239. The Balaban J connectivity index is 1.65. The number of fused-ring (bicyclic) bond motifs is 5. The Morgan fingerprint density at radius 2 is 2.11 bits per heavy atom. The fourth-order valence-electron chi connectivity index (χ4n) is 6.38. The highest BCUT2D eigenvalue weighted by atomic mass is 16.3. The monoisotopic (exact) mass is 369 g/mol. The Morgan fingerprint density at radius 1 is 1.33 bits per heavy atom. The molecule has 0 heterocycles. The predicted molar refractivity (Wildman–Crippen MR) is 105 cm³/mol. The Bertz CT molecular complexity index is 786. The molecule has 0 radical (unpaired) electrons. The van der Waals surface area contributed by atoms with Crippen LogP contribution in [0.3, 0.4) is 0 Å². The molecule has 1 amide bonds. The predicted octanol–water partition coefficient (Wildman–Crippen LogP) is 3.74. The van der Waals surface area contributed by atoms with Crippen molar-refractivity contribution in [2.75, 3.05) is 7.05 Å². The number of aryl methyl sites for hydroxylation is 2. The number of nitrogens with one attached hydrogen (secondary N) is 1. The van der Waals surface area contributed by atoms with Gasteiger partial charge in [-0.2, -0.15) is 0 Å². The standard InChI is InChI=1S/C23H31NO3/c1-4-13-9-18-14(11-20(13)25)5-6-17-16(18)7-8-23(2)19(17)10-15(22(23)27)12-21(26)24-3/h9,11,15-17,19,25H,4-8,10,12H2,1-3H3,(H,24,26)/t15-,16+,17-,19+,23+/m1/s1. The maximum atomic E-state index is 13.2. The quantitative estimate of drug-likeness (QED) is 0.853. The minimum Gasteiger partial charge on any atom is -0.508 e. The summed E-state index contributed by atoms with van der Waals surface area (Å²) in [5, 5.41) is 12.9. The number of hydrogen-bond donors (Lipinski definition) is 2. The van der Waals surface area contributed by atoms with E-state index in [1.165, 1.54) is 11.1 Å². The second kappa shape index (κ2) is 6.65. The summed E-state index contributed by atoms with van der Waals surface area (Å²) in [6, 6.07) is 4.20. The number of Topliss-reactive ketones (excluding diaryl/α,β-unsaturated/α-hetero) is 1. The molecule has 3 aliphatic rings. The highest BCUT2D eigenvalue weighted by Crippen LogP contribution is 2.61. The zero-order chi connectivity index (χ0) is 19.3. The van der Waals surface area contributed by atoms with Crippen molar-refractivity contribution in [2.45, 2.75) is 64.7 Å². The highest BCUT2D eigenvalue weighted by Gasteiger charge is 2.58. The molecule has 0 unspecified atom stereocenters. The van der Waals surface area contributed by atoms with Crippen LogP contribution in [0.2, 0.25) is 0 Å². The molecular formula is C23H31NO3. The molecule has 0 aromatic heterocycles. The molecular weight excluding hydrogens is 338 g/mol. The molecule has 27 heavy (non-hydrogen) atoms. The second-order valence-corrected chi connectivity index (χ2v) is 9.08. The summed E-state index contributed by atoms with van der Waals surface area (Å²) in [5.41, 5.74) is 3.47. The van der Waals surface area contributed by atoms with Crippen LogP contribution in [0.5, 0.6) is 5.75 Å². The summed E-state index contributed by atoms with van der Waals surface area (Å²) >= 11 is 0. The topological polar surface area (TPSA) is 66.4 Å². The number of aromatic hydroxyl groups is 1. The number of carbonyl (C=O) groups excluding carboxylic acids is 2. The van der Waals surface area contributed by atoms with Crippen LogP contribution < -0.4 is 5.32 Å². The summed E-state index contributed by atoms with van der Waals surface area (Å²) < 4.78 is 0. The van der Waals surface area contributed by atoms with Gasteiger partial charge in [0.25, 0.3) is 0 Å². The molecule has 0 spiro atoms. The molecule has 1 aromatic rings. The van der Waals surface area contributed by atoms with E-state index in [1.807, 2.05) is 6.07 Å². The van der Waals surface area contributed by atoms with E-state index in [1.54, 1.807) is 7.05 Å². The Hall–Kier alpha value is -1.84. The van der Waals surface area contributed by atoms with E-state index in [-0.39, 0.29) is 17.2 Å². The molecule has 3 aliphatic carbocycles. The minimum atomic E-state index is -0.262. The normalized spacial score (nSPS) is 34.6. The molecule has 2 fully saturated rings. The fourth-order valence-corrected chi connectivity index (χ4v) is 6.38. The van der Waals surface area contributed by atoms with E-state index in [9.17, 15) is 14.7 Å². The van der Waals surface area contributed by atoms with Crippen molar-refractivity contribution in [2.24, 2.45) is 23.2 Å². The zero-order valence-electron chi connectivity index (χ0n) is 16.7. The van der Waals surface area contributed by atoms with Crippen molar-refractivity contribution < 1.29 is 14.7 Å². The number of phenols is 1. The number of phenolic OH excluding ortho intramolecular Hbond substituents is 1. The molecule has 4 heteroatoms. The maximum Gasteiger partial charge on any atom is 0.220 e. The van der Waals surface area contributed by atoms with Gasteiger partial charge >= 0.3 is 0 Å². The molecule has 4 nitrogen and oxygen atoms in total. The van der Waals surface area contributed by atoms with Crippen LogP contribution in [0.1, 0.15) is 68.6 Å². The first kappa shape index (κ1) is 18.5. The Morgan fingerprint density at radius 3 is 2.81 bits per heavy atom. The van der Waals surface area contributed by atoms with Gasteiger partial charge in [-0.05, 0) is 79.0 Å². The first-order valence-corrected chi connectivity index (χ1v) is 10.5. The van der Waals surface area contributed by atoms with Crippen LogP contribution in [0.25, 0.3) is 0 Å². The summed E-state index contributed by atoms with van der Waals surface area (Å²) in [5.74, 6) is 1.99. The summed E-state index contributed by atoms with van der Waals surface area (Å²) in [4.78, 5) is 25.1. The smallest absolute Gasteiger partial charge is 0.220 e. The van der Waals surface area contributed by atoms with Gasteiger partial charge in [-0.25, -0.2) is 0 Å². The number of amides is 1. The van der Waals surface area contributed by atoms with Crippen LogP contribution in [0.15, 0.2) is 12.1 Å². The van der Waals surface area contributed by atoms with Gasteiger partial charge < -0.3 is 10.4 Å². The largest absolute Gasteiger partial charge is 0.508 e. The van der Waals surface area contributed by atoms with Crippen molar-refractivity contribution in [3.63, 3.8) is 0 Å². The first-order valence-electron chi connectivity index (χ1n) is 10.5. The third-order valence-corrected chi connectivity index (χ3v) is 7.88. The number of carbonyl (C=O) groups is 2. The van der Waals surface area contributed by atoms with Gasteiger partial charge in [0.1, 0.15) is 11.5 Å². The van der Waals surface area contributed by atoms with Gasteiger partial charge in [-0.1, -0.05) is 19.9 Å². The van der Waals surface area contributed by atoms with Crippen LogP contribution in [0, 0.1) is 23.2 Å². The van der Waals surface area contributed by atoms with Gasteiger partial charge in [-0.15, -0.1) is 0 Å². The molecule has 0 saturated heterocycles. The van der Waals surface area contributed by atoms with Crippen molar-refractivity contribution in [3.05, 3.63) is 28.8 Å². The second-order valence-electron chi connectivity index (χ2n) is 9.08. The Kier molecular flexibility index (Phi) is 4.56.